The molecule has 1 amide bonds. The first-order chi connectivity index (χ1) is 12.4. The van der Waals surface area contributed by atoms with Crippen molar-refractivity contribution in [3.8, 4) is 0 Å². The van der Waals surface area contributed by atoms with E-state index in [0.29, 0.717) is 34.3 Å². The van der Waals surface area contributed by atoms with Crippen LogP contribution in [0.4, 0.5) is 10.1 Å². The van der Waals surface area contributed by atoms with Crippen molar-refractivity contribution in [2.24, 2.45) is 10.7 Å². The van der Waals surface area contributed by atoms with Crippen LogP contribution >= 0.6 is 23.4 Å². The maximum Gasteiger partial charge on any atom is 0.274 e. The monoisotopic (exact) mass is 392 g/mol. The van der Waals surface area contributed by atoms with Crippen LogP contribution in [0.1, 0.15) is 29.4 Å². The van der Waals surface area contributed by atoms with Gasteiger partial charge in [0, 0.05) is 17.4 Å². The molecule has 0 bridgehead atoms. The molecule has 5 nitrogen and oxygen atoms in total. The number of nitrogens with one attached hydrogen (secondary N) is 1. The second-order valence-corrected chi connectivity index (χ2v) is 7.73. The van der Waals surface area contributed by atoms with Crippen molar-refractivity contribution in [2.45, 2.75) is 18.9 Å². The zero-order valence-electron chi connectivity index (χ0n) is 14.1. The quantitative estimate of drug-likeness (QED) is 0.831. The van der Waals surface area contributed by atoms with Crippen LogP contribution < -0.4 is 11.1 Å². The lowest BCUT2D eigenvalue weighted by Gasteiger charge is -2.26. The molecule has 0 aliphatic carbocycles. The third-order valence-electron chi connectivity index (χ3n) is 4.14. The van der Waals surface area contributed by atoms with Crippen molar-refractivity contribution in [3.05, 3.63) is 58.6 Å². The van der Waals surface area contributed by atoms with E-state index in [2.05, 4.69) is 15.3 Å². The van der Waals surface area contributed by atoms with Gasteiger partial charge in [-0.3, -0.25) is 9.79 Å². The minimum atomic E-state index is -0.767. The van der Waals surface area contributed by atoms with Gasteiger partial charge < -0.3 is 11.1 Å². The Kier molecular flexibility index (Phi) is 5.48. The molecule has 0 saturated heterocycles. The fraction of sp³-hybridized carbons (Fsp3) is 0.278. The number of anilines is 1. The molecular formula is C18H18ClFN4OS. The summed E-state index contributed by atoms with van der Waals surface area (Å²) in [6, 6.07) is 7.55. The zero-order chi connectivity index (χ0) is 18.7. The van der Waals surface area contributed by atoms with E-state index < -0.39 is 11.4 Å². The Balaban J connectivity index is 1.89. The Bertz CT molecular complexity index is 859. The molecule has 3 rings (SSSR count). The third-order valence-corrected chi connectivity index (χ3v) is 5.35. The van der Waals surface area contributed by atoms with Gasteiger partial charge in [0.05, 0.1) is 16.3 Å². The fourth-order valence-electron chi connectivity index (χ4n) is 2.77. The van der Waals surface area contributed by atoms with E-state index in [1.165, 1.54) is 24.4 Å². The van der Waals surface area contributed by atoms with Crippen molar-refractivity contribution >= 4 is 40.8 Å². The number of amidine groups is 1. The van der Waals surface area contributed by atoms with Gasteiger partial charge in [-0.15, -0.1) is 0 Å². The lowest BCUT2D eigenvalue weighted by molar-refractivity contribution is 0.102. The van der Waals surface area contributed by atoms with Crippen LogP contribution in [0, 0.1) is 5.82 Å². The molecule has 26 heavy (non-hydrogen) atoms. The van der Waals surface area contributed by atoms with Gasteiger partial charge in [-0.2, -0.15) is 11.8 Å². The van der Waals surface area contributed by atoms with Gasteiger partial charge in [0.1, 0.15) is 17.3 Å². The highest BCUT2D eigenvalue weighted by atomic mass is 35.5. The molecule has 0 fully saturated rings. The maximum atomic E-state index is 14.5. The minimum absolute atomic E-state index is 0.222. The van der Waals surface area contributed by atoms with Gasteiger partial charge >= 0.3 is 0 Å². The number of carbonyl (C=O) groups excluding carboxylic acids is 1. The molecule has 136 valence electrons. The van der Waals surface area contributed by atoms with Gasteiger partial charge in [0.15, 0.2) is 0 Å². The lowest BCUT2D eigenvalue weighted by atomic mass is 9.89. The Morgan fingerprint density at radius 1 is 1.38 bits per heavy atom. The molecule has 1 unspecified atom stereocenters. The summed E-state index contributed by atoms with van der Waals surface area (Å²) in [5, 5.41) is 3.18. The molecule has 0 radical (unpaired) electrons. The molecule has 1 atom stereocenters. The number of nitrogens with two attached hydrogens (primary N) is 1. The Hall–Kier alpha value is -2.12. The topological polar surface area (TPSA) is 80.4 Å². The maximum absolute atomic E-state index is 14.5. The smallest absolute Gasteiger partial charge is 0.274 e. The summed E-state index contributed by atoms with van der Waals surface area (Å²) in [6.07, 6.45) is 2.06. The molecule has 3 N–H and O–H groups in total. The number of hydrogen-bond acceptors (Lipinski definition) is 5. The average Bonchev–Trinajstić information content (AvgIpc) is 2.78. The standard InChI is InChI=1S/C18H18ClFN4OS/c1-18(6-7-26-10-16(21)24-18)13-8-12(3-4-14(13)20)23-17(25)15-5-2-11(19)9-22-15/h2-5,8-9H,6-7,10H2,1H3,(H2,21,24)(H,23,25). The predicted octanol–water partition coefficient (Wildman–Crippen LogP) is 3.84. The fourth-order valence-corrected chi connectivity index (χ4v) is 3.84. The minimum Gasteiger partial charge on any atom is -0.387 e. The number of hydrogen-bond donors (Lipinski definition) is 2. The van der Waals surface area contributed by atoms with E-state index >= 15 is 0 Å². The van der Waals surface area contributed by atoms with E-state index in [-0.39, 0.29) is 11.5 Å². The lowest BCUT2D eigenvalue weighted by Crippen LogP contribution is -2.25. The number of halogens is 2. The first-order valence-corrected chi connectivity index (χ1v) is 9.55. The highest BCUT2D eigenvalue weighted by Gasteiger charge is 2.31. The Morgan fingerprint density at radius 2 is 2.19 bits per heavy atom. The molecular weight excluding hydrogens is 375 g/mol. The molecule has 8 heteroatoms. The summed E-state index contributed by atoms with van der Waals surface area (Å²) in [7, 11) is 0. The number of amides is 1. The first-order valence-electron chi connectivity index (χ1n) is 8.02. The van der Waals surface area contributed by atoms with E-state index in [0.717, 1.165) is 5.75 Å². The van der Waals surface area contributed by atoms with E-state index in [9.17, 15) is 9.18 Å². The number of aliphatic imine (C=N–C) groups is 1. The van der Waals surface area contributed by atoms with E-state index in [1.54, 1.807) is 23.9 Å². The molecule has 0 spiro atoms. The summed E-state index contributed by atoms with van der Waals surface area (Å²) in [4.78, 5) is 20.8. The van der Waals surface area contributed by atoms with Crippen LogP contribution in [-0.2, 0) is 5.54 Å². The number of pyridine rings is 1. The van der Waals surface area contributed by atoms with Gasteiger partial charge in [-0.05, 0) is 49.4 Å². The largest absolute Gasteiger partial charge is 0.387 e. The number of carbonyl (C=O) groups is 1. The highest BCUT2D eigenvalue weighted by Crippen LogP contribution is 2.36. The van der Waals surface area contributed by atoms with Crippen molar-refractivity contribution in [3.63, 3.8) is 0 Å². The summed E-state index contributed by atoms with van der Waals surface area (Å²) in [6.45, 7) is 1.86. The van der Waals surface area contributed by atoms with Gasteiger partial charge in [0.2, 0.25) is 0 Å². The number of rotatable bonds is 3. The first kappa shape index (κ1) is 18.7. The molecule has 2 heterocycles. The second-order valence-electron chi connectivity index (χ2n) is 6.19. The van der Waals surface area contributed by atoms with Crippen molar-refractivity contribution in [1.29, 1.82) is 0 Å². The van der Waals surface area contributed by atoms with E-state index in [1.807, 2.05) is 6.92 Å². The number of benzene rings is 1. The van der Waals surface area contributed by atoms with Gasteiger partial charge in [0.25, 0.3) is 5.91 Å². The molecule has 2 aromatic rings. The SMILES string of the molecule is CC1(c2cc(NC(=O)c3ccc(Cl)cn3)ccc2F)CCSCC(N)=N1. The van der Waals surface area contributed by atoms with Gasteiger partial charge in [-0.1, -0.05) is 11.6 Å². The van der Waals surface area contributed by atoms with Crippen LogP contribution in [0.5, 0.6) is 0 Å². The Labute approximate surface area is 160 Å². The summed E-state index contributed by atoms with van der Waals surface area (Å²) >= 11 is 7.45. The third kappa shape index (κ3) is 4.16. The highest BCUT2D eigenvalue weighted by molar-refractivity contribution is 7.99. The van der Waals surface area contributed by atoms with E-state index in [4.69, 9.17) is 17.3 Å². The molecule has 1 aliphatic heterocycles. The van der Waals surface area contributed by atoms with Crippen molar-refractivity contribution < 1.29 is 9.18 Å². The summed E-state index contributed by atoms with van der Waals surface area (Å²) < 4.78 is 14.5. The number of aromatic nitrogens is 1. The van der Waals surface area contributed by atoms with Crippen LogP contribution in [0.3, 0.4) is 0 Å². The van der Waals surface area contributed by atoms with Crippen LogP contribution in [-0.4, -0.2) is 28.2 Å². The van der Waals surface area contributed by atoms with Crippen molar-refractivity contribution in [2.75, 3.05) is 16.8 Å². The number of nitrogens with zero attached hydrogens (tertiary/aromatic N) is 2. The molecule has 1 aromatic heterocycles. The van der Waals surface area contributed by atoms with Crippen LogP contribution in [0.15, 0.2) is 41.5 Å². The summed E-state index contributed by atoms with van der Waals surface area (Å²) in [5.74, 6) is 1.18. The normalized spacial score (nSPS) is 20.2. The Morgan fingerprint density at radius 3 is 2.92 bits per heavy atom. The van der Waals surface area contributed by atoms with Gasteiger partial charge in [-0.25, -0.2) is 9.37 Å². The van der Waals surface area contributed by atoms with Crippen molar-refractivity contribution in [1.82, 2.24) is 4.98 Å². The number of thioether (sulfide) groups is 1. The molecule has 1 aromatic carbocycles. The van der Waals surface area contributed by atoms with Crippen LogP contribution in [0.25, 0.3) is 0 Å². The van der Waals surface area contributed by atoms with Crippen LogP contribution in [0.2, 0.25) is 5.02 Å². The molecule has 0 saturated carbocycles. The average molecular weight is 393 g/mol. The summed E-state index contributed by atoms with van der Waals surface area (Å²) in [5.41, 5.74) is 6.25. The molecule has 1 aliphatic rings. The zero-order valence-corrected chi connectivity index (χ0v) is 15.7. The second kappa shape index (κ2) is 7.63. The predicted molar refractivity (Wildman–Crippen MR) is 105 cm³/mol.